The number of methoxy groups -OCH3 is 1. The molecule has 1 atom stereocenters. The molecular formula is C15H19N3O. The first kappa shape index (κ1) is 12.1. The van der Waals surface area contributed by atoms with Gasteiger partial charge in [0.15, 0.2) is 0 Å². The van der Waals surface area contributed by atoms with Crippen molar-refractivity contribution in [2.45, 2.75) is 26.3 Å². The second-order valence-electron chi connectivity index (χ2n) is 5.21. The molecule has 0 radical (unpaired) electrons. The predicted octanol–water partition coefficient (Wildman–Crippen LogP) is 2.72. The van der Waals surface area contributed by atoms with Crippen molar-refractivity contribution in [3.63, 3.8) is 0 Å². The molecule has 0 saturated heterocycles. The van der Waals surface area contributed by atoms with Crippen LogP contribution in [0.15, 0.2) is 24.3 Å². The van der Waals surface area contributed by atoms with Crippen LogP contribution in [0.1, 0.15) is 19.2 Å². The average molecular weight is 257 g/mol. The van der Waals surface area contributed by atoms with Crippen LogP contribution in [-0.4, -0.2) is 16.7 Å². The summed E-state index contributed by atoms with van der Waals surface area (Å²) in [4.78, 5) is 4.74. The largest absolute Gasteiger partial charge is 0.496 e. The Morgan fingerprint density at radius 1 is 1.37 bits per heavy atom. The third kappa shape index (κ3) is 1.97. The summed E-state index contributed by atoms with van der Waals surface area (Å²) >= 11 is 0. The number of nitrogen functional groups attached to an aromatic ring is 1. The van der Waals surface area contributed by atoms with Gasteiger partial charge in [0.05, 0.1) is 7.11 Å². The molecular weight excluding hydrogens is 238 g/mol. The van der Waals surface area contributed by atoms with E-state index in [0.29, 0.717) is 5.92 Å². The molecule has 0 aliphatic carbocycles. The van der Waals surface area contributed by atoms with Crippen molar-refractivity contribution in [2.75, 3.05) is 12.8 Å². The number of fused-ring (bicyclic) bond motifs is 1. The maximum Gasteiger partial charge on any atom is 0.131 e. The zero-order valence-electron chi connectivity index (χ0n) is 11.4. The van der Waals surface area contributed by atoms with Gasteiger partial charge in [0.2, 0.25) is 0 Å². The van der Waals surface area contributed by atoms with E-state index in [2.05, 4.69) is 11.5 Å². The quantitative estimate of drug-likeness (QED) is 0.900. The van der Waals surface area contributed by atoms with Gasteiger partial charge in [-0.25, -0.2) is 4.98 Å². The van der Waals surface area contributed by atoms with Crippen LogP contribution >= 0.6 is 0 Å². The topological polar surface area (TPSA) is 53.1 Å². The summed E-state index contributed by atoms with van der Waals surface area (Å²) in [6.07, 6.45) is 2.16. The van der Waals surface area contributed by atoms with Crippen LogP contribution in [0.25, 0.3) is 11.3 Å². The first-order valence-corrected chi connectivity index (χ1v) is 6.69. The zero-order valence-corrected chi connectivity index (χ0v) is 11.4. The van der Waals surface area contributed by atoms with Gasteiger partial charge in [-0.15, -0.1) is 0 Å². The second-order valence-corrected chi connectivity index (χ2v) is 5.21. The molecule has 1 aromatic carbocycles. The Kier molecular flexibility index (Phi) is 2.93. The Balaban J connectivity index is 2.11. The first-order chi connectivity index (χ1) is 9.20. The number of aromatic nitrogens is 2. The highest BCUT2D eigenvalue weighted by molar-refractivity contribution is 5.76. The third-order valence-electron chi connectivity index (χ3n) is 3.82. The van der Waals surface area contributed by atoms with Crippen molar-refractivity contribution in [1.82, 2.24) is 9.55 Å². The smallest absolute Gasteiger partial charge is 0.131 e. The van der Waals surface area contributed by atoms with Gasteiger partial charge in [-0.1, -0.05) is 19.1 Å². The number of hydrogen-bond donors (Lipinski definition) is 1. The highest BCUT2D eigenvalue weighted by Crippen LogP contribution is 2.35. The minimum Gasteiger partial charge on any atom is -0.496 e. The average Bonchev–Trinajstić information content (AvgIpc) is 2.75. The molecule has 4 nitrogen and oxygen atoms in total. The summed E-state index contributed by atoms with van der Waals surface area (Å²) < 4.78 is 7.54. The molecule has 0 saturated carbocycles. The minimum absolute atomic E-state index is 0.680. The Bertz CT molecular complexity index is 603. The van der Waals surface area contributed by atoms with Crippen LogP contribution in [0.4, 0.5) is 5.82 Å². The highest BCUT2D eigenvalue weighted by Gasteiger charge is 2.23. The van der Waals surface area contributed by atoms with Gasteiger partial charge in [0.25, 0.3) is 0 Å². The summed E-state index contributed by atoms with van der Waals surface area (Å²) in [7, 11) is 1.67. The lowest BCUT2D eigenvalue weighted by Crippen LogP contribution is -2.18. The van der Waals surface area contributed by atoms with Crippen LogP contribution in [0.2, 0.25) is 0 Å². The van der Waals surface area contributed by atoms with E-state index >= 15 is 0 Å². The van der Waals surface area contributed by atoms with Gasteiger partial charge < -0.3 is 15.0 Å². The number of hydrogen-bond acceptors (Lipinski definition) is 3. The van der Waals surface area contributed by atoms with E-state index in [1.165, 1.54) is 6.42 Å². The fraction of sp³-hybridized carbons (Fsp3) is 0.400. The van der Waals surface area contributed by atoms with Crippen molar-refractivity contribution in [3.05, 3.63) is 30.1 Å². The SMILES string of the molecule is COc1ccccc1-c1nc2n(c1N)CCC(C)C2. The molecule has 4 heteroatoms. The van der Waals surface area contributed by atoms with Crippen LogP contribution in [-0.2, 0) is 13.0 Å². The van der Waals surface area contributed by atoms with Gasteiger partial charge in [-0.2, -0.15) is 0 Å². The number of anilines is 1. The molecule has 0 spiro atoms. The van der Waals surface area contributed by atoms with Crippen molar-refractivity contribution < 1.29 is 4.74 Å². The van der Waals surface area contributed by atoms with Crippen molar-refractivity contribution in [1.29, 1.82) is 0 Å². The molecule has 0 bridgehead atoms. The third-order valence-corrected chi connectivity index (χ3v) is 3.82. The summed E-state index contributed by atoms with van der Waals surface area (Å²) in [6.45, 7) is 3.22. The molecule has 2 heterocycles. The van der Waals surface area contributed by atoms with Gasteiger partial charge in [-0.3, -0.25) is 0 Å². The van der Waals surface area contributed by atoms with Gasteiger partial charge in [0, 0.05) is 18.5 Å². The highest BCUT2D eigenvalue weighted by atomic mass is 16.5. The molecule has 1 unspecified atom stereocenters. The maximum absolute atomic E-state index is 6.27. The lowest BCUT2D eigenvalue weighted by molar-refractivity contribution is 0.412. The monoisotopic (exact) mass is 257 g/mol. The molecule has 1 aromatic heterocycles. The zero-order chi connectivity index (χ0) is 13.4. The number of para-hydroxylation sites is 1. The number of nitrogens with two attached hydrogens (primary N) is 1. The van der Waals surface area contributed by atoms with E-state index in [0.717, 1.165) is 41.6 Å². The molecule has 3 rings (SSSR count). The first-order valence-electron chi connectivity index (χ1n) is 6.69. The van der Waals surface area contributed by atoms with Crippen molar-refractivity contribution in [3.8, 4) is 17.0 Å². The van der Waals surface area contributed by atoms with E-state index in [1.807, 2.05) is 24.3 Å². The van der Waals surface area contributed by atoms with E-state index in [9.17, 15) is 0 Å². The Labute approximate surface area is 113 Å². The molecule has 19 heavy (non-hydrogen) atoms. The van der Waals surface area contributed by atoms with Crippen molar-refractivity contribution >= 4 is 5.82 Å². The summed E-state index contributed by atoms with van der Waals surface area (Å²) in [5.74, 6) is 3.35. The van der Waals surface area contributed by atoms with E-state index in [-0.39, 0.29) is 0 Å². The van der Waals surface area contributed by atoms with Crippen LogP contribution in [0.5, 0.6) is 5.75 Å². The molecule has 1 aliphatic rings. The standard InChI is InChI=1S/C15H19N3O/c1-10-7-8-18-13(9-10)17-14(15(18)16)11-5-3-4-6-12(11)19-2/h3-6,10H,7-9,16H2,1-2H3. The number of benzene rings is 1. The number of ether oxygens (including phenoxy) is 1. The minimum atomic E-state index is 0.680. The van der Waals surface area contributed by atoms with Gasteiger partial charge in [0.1, 0.15) is 23.1 Å². The fourth-order valence-electron chi connectivity index (χ4n) is 2.72. The normalized spacial score (nSPS) is 18.1. The lowest BCUT2D eigenvalue weighted by Gasteiger charge is -2.20. The van der Waals surface area contributed by atoms with Crippen LogP contribution < -0.4 is 10.5 Å². The van der Waals surface area contributed by atoms with Gasteiger partial charge in [-0.05, 0) is 24.5 Å². The Morgan fingerprint density at radius 3 is 2.95 bits per heavy atom. The number of imidazole rings is 1. The Hall–Kier alpha value is -1.97. The molecule has 0 fully saturated rings. The van der Waals surface area contributed by atoms with E-state index < -0.39 is 0 Å². The molecule has 100 valence electrons. The van der Waals surface area contributed by atoms with Crippen molar-refractivity contribution in [2.24, 2.45) is 5.92 Å². The van der Waals surface area contributed by atoms with Crippen LogP contribution in [0, 0.1) is 5.92 Å². The lowest BCUT2D eigenvalue weighted by atomic mass is 10.0. The molecule has 1 aliphatic heterocycles. The summed E-state index contributed by atoms with van der Waals surface area (Å²) in [5.41, 5.74) is 8.09. The fourth-order valence-corrected chi connectivity index (χ4v) is 2.72. The molecule has 0 amide bonds. The summed E-state index contributed by atoms with van der Waals surface area (Å²) in [5, 5.41) is 0. The second kappa shape index (κ2) is 4.61. The van der Waals surface area contributed by atoms with E-state index in [1.54, 1.807) is 7.11 Å². The Morgan fingerprint density at radius 2 is 2.16 bits per heavy atom. The van der Waals surface area contributed by atoms with E-state index in [4.69, 9.17) is 15.5 Å². The van der Waals surface area contributed by atoms with Gasteiger partial charge >= 0.3 is 0 Å². The maximum atomic E-state index is 6.27. The molecule has 2 aromatic rings. The predicted molar refractivity (Wildman–Crippen MR) is 76.1 cm³/mol. The van der Waals surface area contributed by atoms with Crippen LogP contribution in [0.3, 0.4) is 0 Å². The summed E-state index contributed by atoms with van der Waals surface area (Å²) in [6, 6.07) is 7.89. The number of rotatable bonds is 2. The molecule has 2 N–H and O–H groups in total. The number of nitrogens with zero attached hydrogens (tertiary/aromatic N) is 2.